The van der Waals surface area contributed by atoms with Gasteiger partial charge in [0.05, 0.1) is 0 Å². The van der Waals surface area contributed by atoms with Gasteiger partial charge >= 0.3 is 0 Å². The summed E-state index contributed by atoms with van der Waals surface area (Å²) in [4.78, 5) is 11.5. The average Bonchev–Trinajstić information content (AvgIpc) is 2.53. The van der Waals surface area contributed by atoms with Crippen molar-refractivity contribution >= 4 is 17.2 Å². The molecule has 3 nitrogen and oxygen atoms in total. The summed E-state index contributed by atoms with van der Waals surface area (Å²) in [5.74, 6) is -1.68. The molecule has 118 valence electrons. The van der Waals surface area contributed by atoms with Gasteiger partial charge < -0.3 is 11.5 Å². The number of hydrogen-bond acceptors (Lipinski definition) is 2. The molecule has 0 saturated carbocycles. The second kappa shape index (κ2) is 6.87. The number of amides is 1. The first-order chi connectivity index (χ1) is 10.9. The van der Waals surface area contributed by atoms with Gasteiger partial charge in [0.2, 0.25) is 5.91 Å². The number of primary amides is 1. The topological polar surface area (TPSA) is 69.1 Å². The number of benzene rings is 2. The summed E-state index contributed by atoms with van der Waals surface area (Å²) in [7, 11) is 0. The van der Waals surface area contributed by atoms with Crippen LogP contribution in [0.15, 0.2) is 54.6 Å². The van der Waals surface area contributed by atoms with Crippen LogP contribution in [0.5, 0.6) is 0 Å². The highest BCUT2D eigenvalue weighted by molar-refractivity contribution is 6.00. The molecule has 4 N–H and O–H groups in total. The molecule has 0 atom stereocenters. The minimum absolute atomic E-state index is 0.0706. The zero-order valence-electron chi connectivity index (χ0n) is 12.5. The Bertz CT molecular complexity index is 793. The second-order valence-electron chi connectivity index (χ2n) is 4.88. The highest BCUT2D eigenvalue weighted by Crippen LogP contribution is 2.26. The number of carbonyl (C=O) groups is 1. The number of hydrogen-bond donors (Lipinski definition) is 2. The molecule has 0 aromatic heterocycles. The summed E-state index contributed by atoms with van der Waals surface area (Å²) >= 11 is 0. The molecule has 23 heavy (non-hydrogen) atoms. The van der Waals surface area contributed by atoms with Crippen molar-refractivity contribution in [2.24, 2.45) is 11.5 Å². The summed E-state index contributed by atoms with van der Waals surface area (Å²) in [5.41, 5.74) is 12.8. The first-order valence-corrected chi connectivity index (χ1v) is 6.92. The van der Waals surface area contributed by atoms with Crippen molar-refractivity contribution in [3.63, 3.8) is 0 Å². The van der Waals surface area contributed by atoms with E-state index in [0.29, 0.717) is 16.8 Å². The van der Waals surface area contributed by atoms with Gasteiger partial charge in [0.25, 0.3) is 0 Å². The van der Waals surface area contributed by atoms with E-state index in [-0.39, 0.29) is 16.9 Å². The largest absolute Gasteiger partial charge is 0.398 e. The summed E-state index contributed by atoms with van der Waals surface area (Å²) in [6.07, 6.45) is 3.15. The van der Waals surface area contributed by atoms with Gasteiger partial charge in [-0.3, -0.25) is 4.79 Å². The van der Waals surface area contributed by atoms with Gasteiger partial charge in [-0.1, -0.05) is 24.3 Å². The molecule has 0 aliphatic rings. The normalized spacial score (nSPS) is 12.3. The van der Waals surface area contributed by atoms with Gasteiger partial charge in [-0.2, -0.15) is 0 Å². The Morgan fingerprint density at radius 2 is 1.70 bits per heavy atom. The molecule has 2 aromatic carbocycles. The Morgan fingerprint density at radius 1 is 1.04 bits per heavy atom. The molecular formula is C18H16F2N2O. The molecule has 0 fully saturated rings. The quantitative estimate of drug-likeness (QED) is 0.848. The van der Waals surface area contributed by atoms with Crippen LogP contribution in [-0.4, -0.2) is 5.91 Å². The minimum atomic E-state index is -0.729. The number of halogens is 2. The molecule has 1 amide bonds. The van der Waals surface area contributed by atoms with Crippen molar-refractivity contribution in [1.82, 2.24) is 0 Å². The van der Waals surface area contributed by atoms with Crippen molar-refractivity contribution in [3.05, 3.63) is 82.9 Å². The SMILES string of the molecule is C/C=C(/C=C(\N)c1ccc(F)cc1)c1c(F)cccc1C(N)=O. The monoisotopic (exact) mass is 314 g/mol. The highest BCUT2D eigenvalue weighted by Gasteiger charge is 2.15. The second-order valence-corrected chi connectivity index (χ2v) is 4.88. The summed E-state index contributed by atoms with van der Waals surface area (Å²) in [5, 5.41) is 0. The first-order valence-electron chi connectivity index (χ1n) is 6.92. The van der Waals surface area contributed by atoms with Gasteiger partial charge in [0.1, 0.15) is 11.6 Å². The lowest BCUT2D eigenvalue weighted by molar-refractivity contribution is 0.0999. The van der Waals surface area contributed by atoms with Crippen LogP contribution in [-0.2, 0) is 0 Å². The van der Waals surface area contributed by atoms with Crippen LogP contribution >= 0.6 is 0 Å². The van der Waals surface area contributed by atoms with Gasteiger partial charge in [-0.25, -0.2) is 8.78 Å². The fraction of sp³-hybridized carbons (Fsp3) is 0.0556. The molecule has 0 bridgehead atoms. The molecule has 0 saturated heterocycles. The number of rotatable bonds is 4. The minimum Gasteiger partial charge on any atom is -0.398 e. The summed E-state index contributed by atoms with van der Waals surface area (Å²) in [6.45, 7) is 1.70. The Hall–Kier alpha value is -2.95. The lowest BCUT2D eigenvalue weighted by atomic mass is 9.96. The summed E-state index contributed by atoms with van der Waals surface area (Å²) < 4.78 is 27.2. The number of allylic oxidation sites excluding steroid dienone is 3. The van der Waals surface area contributed by atoms with Gasteiger partial charge in [-0.15, -0.1) is 0 Å². The number of carbonyl (C=O) groups excluding carboxylic acids is 1. The molecule has 0 radical (unpaired) electrons. The lowest BCUT2D eigenvalue weighted by Gasteiger charge is -2.10. The van der Waals surface area contributed by atoms with E-state index >= 15 is 0 Å². The fourth-order valence-electron chi connectivity index (χ4n) is 2.22. The molecule has 5 heteroatoms. The van der Waals surface area contributed by atoms with Crippen molar-refractivity contribution < 1.29 is 13.6 Å². The van der Waals surface area contributed by atoms with Crippen LogP contribution in [0.3, 0.4) is 0 Å². The van der Waals surface area contributed by atoms with E-state index in [1.165, 1.54) is 48.5 Å². The van der Waals surface area contributed by atoms with Crippen LogP contribution in [0.1, 0.15) is 28.4 Å². The predicted molar refractivity (Wildman–Crippen MR) is 87.1 cm³/mol. The lowest BCUT2D eigenvalue weighted by Crippen LogP contribution is -2.14. The maximum atomic E-state index is 14.2. The highest BCUT2D eigenvalue weighted by atomic mass is 19.1. The van der Waals surface area contributed by atoms with E-state index in [0.717, 1.165) is 0 Å². The first kappa shape index (κ1) is 16.4. The van der Waals surface area contributed by atoms with Crippen molar-refractivity contribution in [2.45, 2.75) is 6.92 Å². The van der Waals surface area contributed by atoms with Crippen LogP contribution in [0.25, 0.3) is 11.3 Å². The Balaban J connectivity index is 2.52. The van der Waals surface area contributed by atoms with E-state index < -0.39 is 11.7 Å². The van der Waals surface area contributed by atoms with Crippen molar-refractivity contribution in [2.75, 3.05) is 0 Å². The average molecular weight is 314 g/mol. The standard InChI is InChI=1S/C18H16F2N2O/c1-2-11(10-16(21)12-6-8-13(19)9-7-12)17-14(18(22)23)4-3-5-15(17)20/h2-10H,21H2,1H3,(H2,22,23)/b11-2-,16-10-. The third kappa shape index (κ3) is 3.63. The van der Waals surface area contributed by atoms with E-state index in [4.69, 9.17) is 11.5 Å². The number of nitrogens with two attached hydrogens (primary N) is 2. The molecule has 0 heterocycles. The molecule has 0 unspecified atom stereocenters. The Morgan fingerprint density at radius 3 is 2.26 bits per heavy atom. The molecule has 0 spiro atoms. The zero-order valence-corrected chi connectivity index (χ0v) is 12.5. The van der Waals surface area contributed by atoms with Gasteiger partial charge in [-0.05, 0) is 48.4 Å². The molecular weight excluding hydrogens is 298 g/mol. The van der Waals surface area contributed by atoms with Gasteiger partial charge in [0.15, 0.2) is 0 Å². The van der Waals surface area contributed by atoms with Gasteiger partial charge in [0, 0.05) is 16.8 Å². The Labute approximate surface area is 132 Å². The maximum absolute atomic E-state index is 14.2. The molecule has 2 rings (SSSR count). The third-order valence-corrected chi connectivity index (χ3v) is 3.37. The third-order valence-electron chi connectivity index (χ3n) is 3.37. The van der Waals surface area contributed by atoms with Crippen LogP contribution in [0, 0.1) is 11.6 Å². The van der Waals surface area contributed by atoms with E-state index in [1.54, 1.807) is 13.0 Å². The molecule has 0 aliphatic heterocycles. The molecule has 0 aliphatic carbocycles. The van der Waals surface area contributed by atoms with Crippen molar-refractivity contribution in [3.8, 4) is 0 Å². The van der Waals surface area contributed by atoms with E-state index in [1.807, 2.05) is 0 Å². The molecule has 2 aromatic rings. The van der Waals surface area contributed by atoms with E-state index in [2.05, 4.69) is 0 Å². The maximum Gasteiger partial charge on any atom is 0.249 e. The van der Waals surface area contributed by atoms with Crippen LogP contribution < -0.4 is 11.5 Å². The van der Waals surface area contributed by atoms with E-state index in [9.17, 15) is 13.6 Å². The van der Waals surface area contributed by atoms with Crippen molar-refractivity contribution in [1.29, 1.82) is 0 Å². The fourth-order valence-corrected chi connectivity index (χ4v) is 2.22. The van der Waals surface area contributed by atoms with Crippen LogP contribution in [0.2, 0.25) is 0 Å². The predicted octanol–water partition coefficient (Wildman–Crippen LogP) is 3.47. The summed E-state index contributed by atoms with van der Waals surface area (Å²) in [6, 6.07) is 9.71. The zero-order chi connectivity index (χ0) is 17.0. The smallest absolute Gasteiger partial charge is 0.249 e. The van der Waals surface area contributed by atoms with Crippen LogP contribution in [0.4, 0.5) is 8.78 Å². The Kier molecular flexibility index (Phi) is 4.91.